The fourth-order valence-corrected chi connectivity index (χ4v) is 2.11. The second-order valence-corrected chi connectivity index (χ2v) is 4.98. The van der Waals surface area contributed by atoms with Gasteiger partial charge in [-0.3, -0.25) is 0 Å². The lowest BCUT2D eigenvalue weighted by atomic mass is 9.98. The first-order valence-electron chi connectivity index (χ1n) is 5.13. The number of benzene rings is 1. The van der Waals surface area contributed by atoms with Gasteiger partial charge in [0.1, 0.15) is 5.75 Å². The third-order valence-corrected chi connectivity index (χ3v) is 3.05. The highest BCUT2D eigenvalue weighted by Crippen LogP contribution is 2.29. The van der Waals surface area contributed by atoms with E-state index in [-0.39, 0.29) is 18.4 Å². The van der Waals surface area contributed by atoms with E-state index >= 15 is 0 Å². The molecule has 0 unspecified atom stereocenters. The van der Waals surface area contributed by atoms with Gasteiger partial charge in [-0.25, -0.2) is 0 Å². The van der Waals surface area contributed by atoms with Crippen molar-refractivity contribution in [1.29, 1.82) is 0 Å². The molecule has 0 aliphatic heterocycles. The van der Waals surface area contributed by atoms with Crippen LogP contribution < -0.4 is 10.5 Å². The van der Waals surface area contributed by atoms with Gasteiger partial charge in [0.15, 0.2) is 0 Å². The van der Waals surface area contributed by atoms with Crippen LogP contribution in [0.15, 0.2) is 22.7 Å². The molecule has 0 heterocycles. The Balaban J connectivity index is 0.00000225. The quantitative estimate of drug-likeness (QED) is 0.915. The monoisotopic (exact) mass is 307 g/mol. The Kier molecular flexibility index (Phi) is 7.04. The summed E-state index contributed by atoms with van der Waals surface area (Å²) in [7, 11) is 1.67. The van der Waals surface area contributed by atoms with Crippen LogP contribution in [0.2, 0.25) is 0 Å². The predicted molar refractivity (Wildman–Crippen MR) is 74.3 cm³/mol. The number of halogens is 2. The van der Waals surface area contributed by atoms with Gasteiger partial charge in [0, 0.05) is 10.5 Å². The molecule has 0 aliphatic carbocycles. The van der Waals surface area contributed by atoms with Gasteiger partial charge in [-0.05, 0) is 36.1 Å². The van der Waals surface area contributed by atoms with Gasteiger partial charge in [-0.1, -0.05) is 29.8 Å². The van der Waals surface area contributed by atoms with Crippen LogP contribution in [-0.4, -0.2) is 7.11 Å². The molecule has 2 nitrogen and oxygen atoms in total. The van der Waals surface area contributed by atoms with Crippen molar-refractivity contribution in [1.82, 2.24) is 0 Å². The summed E-state index contributed by atoms with van der Waals surface area (Å²) in [5.74, 6) is 1.45. The minimum atomic E-state index is 0. The average Bonchev–Trinajstić information content (AvgIpc) is 2.17. The molecule has 4 heteroatoms. The van der Waals surface area contributed by atoms with Gasteiger partial charge in [-0.2, -0.15) is 0 Å². The van der Waals surface area contributed by atoms with Crippen molar-refractivity contribution < 1.29 is 4.74 Å². The molecule has 16 heavy (non-hydrogen) atoms. The van der Waals surface area contributed by atoms with Gasteiger partial charge in [0.25, 0.3) is 0 Å². The first-order valence-corrected chi connectivity index (χ1v) is 5.93. The maximum absolute atomic E-state index is 6.13. The van der Waals surface area contributed by atoms with E-state index in [0.717, 1.165) is 22.2 Å². The number of rotatable bonds is 4. The fourth-order valence-electron chi connectivity index (χ4n) is 1.57. The number of ether oxygens (including phenoxy) is 1. The summed E-state index contributed by atoms with van der Waals surface area (Å²) in [5, 5.41) is 0. The summed E-state index contributed by atoms with van der Waals surface area (Å²) in [6.45, 7) is 4.35. The van der Waals surface area contributed by atoms with Crippen LogP contribution in [-0.2, 0) is 0 Å². The van der Waals surface area contributed by atoms with Gasteiger partial charge in [0.2, 0.25) is 0 Å². The van der Waals surface area contributed by atoms with Crippen molar-refractivity contribution in [3.05, 3.63) is 28.2 Å². The van der Waals surface area contributed by atoms with E-state index in [1.807, 2.05) is 18.2 Å². The van der Waals surface area contributed by atoms with Crippen LogP contribution in [0.5, 0.6) is 5.75 Å². The van der Waals surface area contributed by atoms with Crippen molar-refractivity contribution >= 4 is 28.3 Å². The molecular weight excluding hydrogens is 289 g/mol. The molecule has 0 saturated heterocycles. The third kappa shape index (κ3) is 4.32. The number of methoxy groups -OCH3 is 1. The number of hydrogen-bond acceptors (Lipinski definition) is 2. The van der Waals surface area contributed by atoms with E-state index in [2.05, 4.69) is 29.8 Å². The standard InChI is InChI=1S/C12H18BrNO.ClH/c1-8(2)6-12(14)10-7-9(15-3)4-5-11(10)13;/h4-5,7-8,12H,6,14H2,1-3H3;1H/t12-;/m1./s1. The van der Waals surface area contributed by atoms with Crippen molar-refractivity contribution in [3.63, 3.8) is 0 Å². The molecule has 0 aromatic heterocycles. The smallest absolute Gasteiger partial charge is 0.119 e. The first-order chi connectivity index (χ1) is 7.04. The molecule has 0 radical (unpaired) electrons. The highest BCUT2D eigenvalue weighted by molar-refractivity contribution is 9.10. The van der Waals surface area contributed by atoms with Crippen LogP contribution in [0.1, 0.15) is 31.9 Å². The molecule has 1 atom stereocenters. The summed E-state index contributed by atoms with van der Waals surface area (Å²) in [5.41, 5.74) is 7.25. The molecule has 0 saturated carbocycles. The Morgan fingerprint density at radius 1 is 1.38 bits per heavy atom. The SMILES string of the molecule is COc1ccc(Br)c([C@H](N)CC(C)C)c1.Cl. The van der Waals surface area contributed by atoms with Crippen molar-refractivity contribution in [2.24, 2.45) is 11.7 Å². The summed E-state index contributed by atoms with van der Waals surface area (Å²) in [6.07, 6.45) is 0.978. The van der Waals surface area contributed by atoms with E-state index in [4.69, 9.17) is 10.5 Å². The van der Waals surface area contributed by atoms with E-state index in [9.17, 15) is 0 Å². The van der Waals surface area contributed by atoms with E-state index in [0.29, 0.717) is 5.92 Å². The molecule has 1 aromatic carbocycles. The molecule has 0 spiro atoms. The fraction of sp³-hybridized carbons (Fsp3) is 0.500. The topological polar surface area (TPSA) is 35.2 Å². The molecule has 2 N–H and O–H groups in total. The van der Waals surface area contributed by atoms with Crippen LogP contribution in [0.3, 0.4) is 0 Å². The summed E-state index contributed by atoms with van der Waals surface area (Å²) >= 11 is 3.51. The average molecular weight is 309 g/mol. The van der Waals surface area contributed by atoms with Crippen molar-refractivity contribution in [3.8, 4) is 5.75 Å². The number of hydrogen-bond donors (Lipinski definition) is 1. The van der Waals surface area contributed by atoms with Crippen LogP contribution >= 0.6 is 28.3 Å². The molecule has 0 amide bonds. The molecule has 1 rings (SSSR count). The molecule has 92 valence electrons. The third-order valence-electron chi connectivity index (χ3n) is 2.33. The minimum absolute atomic E-state index is 0. The lowest BCUT2D eigenvalue weighted by Gasteiger charge is -2.16. The van der Waals surface area contributed by atoms with Crippen molar-refractivity contribution in [2.45, 2.75) is 26.3 Å². The Bertz CT molecular complexity index is 331. The van der Waals surface area contributed by atoms with Gasteiger partial charge < -0.3 is 10.5 Å². The Morgan fingerprint density at radius 3 is 2.50 bits per heavy atom. The lowest BCUT2D eigenvalue weighted by molar-refractivity contribution is 0.412. The maximum Gasteiger partial charge on any atom is 0.119 e. The van der Waals surface area contributed by atoms with Crippen LogP contribution in [0.25, 0.3) is 0 Å². The predicted octanol–water partition coefficient (Wildman–Crippen LogP) is 3.93. The minimum Gasteiger partial charge on any atom is -0.497 e. The molecule has 0 fully saturated rings. The van der Waals surface area contributed by atoms with E-state index < -0.39 is 0 Å². The highest BCUT2D eigenvalue weighted by Gasteiger charge is 2.12. The summed E-state index contributed by atoms with van der Waals surface area (Å²) in [6, 6.07) is 5.97. The maximum atomic E-state index is 6.13. The molecule has 0 bridgehead atoms. The van der Waals surface area contributed by atoms with Crippen LogP contribution in [0.4, 0.5) is 0 Å². The second-order valence-electron chi connectivity index (χ2n) is 4.12. The van der Waals surface area contributed by atoms with E-state index in [1.54, 1.807) is 7.11 Å². The highest BCUT2D eigenvalue weighted by atomic mass is 79.9. The Hall–Kier alpha value is -0.250. The van der Waals surface area contributed by atoms with Crippen molar-refractivity contribution in [2.75, 3.05) is 7.11 Å². The number of nitrogens with two attached hydrogens (primary N) is 1. The normalized spacial score (nSPS) is 12.1. The zero-order valence-electron chi connectivity index (χ0n) is 9.87. The zero-order valence-corrected chi connectivity index (χ0v) is 12.3. The Morgan fingerprint density at radius 2 is 2.00 bits per heavy atom. The molecule has 1 aromatic rings. The van der Waals surface area contributed by atoms with Gasteiger partial charge >= 0.3 is 0 Å². The molecule has 0 aliphatic rings. The van der Waals surface area contributed by atoms with Crippen LogP contribution in [0, 0.1) is 5.92 Å². The van der Waals surface area contributed by atoms with Gasteiger partial charge in [-0.15, -0.1) is 12.4 Å². The lowest BCUT2D eigenvalue weighted by Crippen LogP contribution is -2.13. The summed E-state index contributed by atoms with van der Waals surface area (Å²) in [4.78, 5) is 0. The zero-order chi connectivity index (χ0) is 11.4. The molecular formula is C12H19BrClNO. The van der Waals surface area contributed by atoms with E-state index in [1.165, 1.54) is 0 Å². The second kappa shape index (κ2) is 7.15. The van der Waals surface area contributed by atoms with Gasteiger partial charge in [0.05, 0.1) is 7.11 Å². The largest absolute Gasteiger partial charge is 0.497 e. The summed E-state index contributed by atoms with van der Waals surface area (Å²) < 4.78 is 6.24. The Labute approximate surface area is 112 Å². The first kappa shape index (κ1) is 15.8.